The zero-order chi connectivity index (χ0) is 23.2. The van der Waals surface area contributed by atoms with Crippen LogP contribution in [0.2, 0.25) is 0 Å². The molecule has 3 heterocycles. The van der Waals surface area contributed by atoms with Gasteiger partial charge in [-0.05, 0) is 32.8 Å². The normalized spacial score (nSPS) is 16.8. The molecule has 1 saturated heterocycles. The van der Waals surface area contributed by atoms with Crippen LogP contribution in [0.15, 0.2) is 12.3 Å². The van der Waals surface area contributed by atoms with Crippen LogP contribution < -0.4 is 5.32 Å². The van der Waals surface area contributed by atoms with Crippen molar-refractivity contribution in [3.05, 3.63) is 17.8 Å². The number of piperidine rings is 1. The molecule has 0 unspecified atom stereocenters. The molecule has 1 fully saturated rings. The number of anilines is 1. The van der Waals surface area contributed by atoms with Gasteiger partial charge in [0.15, 0.2) is 0 Å². The molecule has 0 bridgehead atoms. The highest BCUT2D eigenvalue weighted by Gasteiger charge is 2.35. The highest BCUT2D eigenvalue weighted by molar-refractivity contribution is 7.89. The zero-order valence-corrected chi connectivity index (χ0v) is 18.0. The average molecular weight is 475 g/mol. The summed E-state index contributed by atoms with van der Waals surface area (Å²) in [7, 11) is -4.60. The Kier molecular flexibility index (Phi) is 5.92. The molecule has 14 heteroatoms. The highest BCUT2D eigenvalue weighted by Crippen LogP contribution is 2.33. The summed E-state index contributed by atoms with van der Waals surface area (Å²) in [5, 5.41) is 11.4. The quantitative estimate of drug-likeness (QED) is 0.545. The van der Waals surface area contributed by atoms with Crippen LogP contribution in [0.3, 0.4) is 0 Å². The lowest BCUT2D eigenvalue weighted by atomic mass is 10.1. The number of hydrogen-bond donors (Lipinski definition) is 1. The Labute approximate surface area is 180 Å². The summed E-state index contributed by atoms with van der Waals surface area (Å²) in [6.07, 6.45) is -0.743. The summed E-state index contributed by atoms with van der Waals surface area (Å²) in [6, 6.07) is 0.906. The van der Waals surface area contributed by atoms with E-state index in [1.54, 1.807) is 0 Å². The number of nitrogens with one attached hydrogen (secondary N) is 1. The molecule has 174 valence electrons. The predicted octanol–water partition coefficient (Wildman–Crippen LogP) is 3.32. The molecule has 1 aromatic carbocycles. The van der Waals surface area contributed by atoms with Crippen LogP contribution in [0.1, 0.15) is 44.7 Å². The summed E-state index contributed by atoms with van der Waals surface area (Å²) in [5.41, 5.74) is 0.585. The van der Waals surface area contributed by atoms with Gasteiger partial charge in [-0.15, -0.1) is 5.10 Å². The third-order valence-corrected chi connectivity index (χ3v) is 6.95. The molecule has 9 nitrogen and oxygen atoms in total. The van der Waals surface area contributed by atoms with E-state index in [2.05, 4.69) is 25.6 Å². The second kappa shape index (κ2) is 8.39. The van der Waals surface area contributed by atoms with E-state index in [9.17, 15) is 26.0 Å². The van der Waals surface area contributed by atoms with Crippen molar-refractivity contribution in [1.29, 1.82) is 0 Å². The van der Waals surface area contributed by atoms with Crippen molar-refractivity contribution in [1.82, 2.24) is 29.3 Å². The van der Waals surface area contributed by atoms with Crippen LogP contribution >= 0.6 is 0 Å². The van der Waals surface area contributed by atoms with E-state index in [-0.39, 0.29) is 42.2 Å². The fraction of sp³-hybridized carbons (Fsp3) is 0.556. The van der Waals surface area contributed by atoms with Crippen molar-refractivity contribution < 1.29 is 26.0 Å². The number of alkyl halides is 4. The smallest absolute Gasteiger partial charge is 0.350 e. The number of halogens is 4. The molecule has 2 aromatic heterocycles. The molecule has 0 spiro atoms. The molecule has 0 saturated carbocycles. The van der Waals surface area contributed by atoms with Crippen LogP contribution in [0.25, 0.3) is 21.9 Å². The fourth-order valence-corrected chi connectivity index (χ4v) is 4.72. The first-order valence-corrected chi connectivity index (χ1v) is 11.5. The second-order valence-corrected chi connectivity index (χ2v) is 9.75. The Morgan fingerprint density at radius 1 is 1.12 bits per heavy atom. The highest BCUT2D eigenvalue weighted by atomic mass is 32.2. The van der Waals surface area contributed by atoms with Crippen LogP contribution in [0.4, 0.5) is 23.5 Å². The molecule has 0 radical (unpaired) electrons. The van der Waals surface area contributed by atoms with E-state index in [1.165, 1.54) is 16.9 Å². The maximum atomic E-state index is 13.6. The molecule has 0 aliphatic carbocycles. The lowest BCUT2D eigenvalue weighted by molar-refractivity contribution is 0.153. The monoisotopic (exact) mass is 475 g/mol. The van der Waals surface area contributed by atoms with Crippen molar-refractivity contribution in [3.63, 3.8) is 0 Å². The lowest BCUT2D eigenvalue weighted by Crippen LogP contribution is -2.44. The maximum Gasteiger partial charge on any atom is 0.350 e. The summed E-state index contributed by atoms with van der Waals surface area (Å²) in [4.78, 5) is 8.68. The first-order valence-electron chi connectivity index (χ1n) is 9.96. The first kappa shape index (κ1) is 22.6. The van der Waals surface area contributed by atoms with Gasteiger partial charge in [-0.1, -0.05) is 5.21 Å². The minimum absolute atomic E-state index is 0.0516. The molecule has 4 rings (SSSR count). The Morgan fingerprint density at radius 2 is 1.81 bits per heavy atom. The number of fused-ring (bicyclic) bond motifs is 3. The zero-order valence-electron chi connectivity index (χ0n) is 17.2. The van der Waals surface area contributed by atoms with Gasteiger partial charge in [0.2, 0.25) is 5.95 Å². The van der Waals surface area contributed by atoms with Gasteiger partial charge in [-0.2, -0.15) is 13.1 Å². The number of aromatic nitrogens is 5. The molecule has 1 aliphatic rings. The molecule has 3 aromatic rings. The van der Waals surface area contributed by atoms with E-state index in [0.29, 0.717) is 29.3 Å². The summed E-state index contributed by atoms with van der Waals surface area (Å²) in [5.74, 6) is -3.23. The molecule has 0 atom stereocenters. The van der Waals surface area contributed by atoms with Gasteiger partial charge in [-0.25, -0.2) is 31.8 Å². The number of rotatable bonds is 6. The van der Waals surface area contributed by atoms with Gasteiger partial charge in [-0.3, -0.25) is 0 Å². The molecular formula is C18H21F4N7O2S. The Morgan fingerprint density at radius 3 is 2.41 bits per heavy atom. The first-order chi connectivity index (χ1) is 15.1. The van der Waals surface area contributed by atoms with Crippen LogP contribution in [0, 0.1) is 0 Å². The predicted molar refractivity (Wildman–Crippen MR) is 109 cm³/mol. The average Bonchev–Trinajstić information content (AvgIpc) is 3.19. The van der Waals surface area contributed by atoms with Gasteiger partial charge in [0.25, 0.3) is 16.4 Å². The Hall–Kier alpha value is -2.61. The Balaban J connectivity index is 1.64. The minimum Gasteiger partial charge on any atom is -0.351 e. The van der Waals surface area contributed by atoms with Crippen LogP contribution in [0.5, 0.6) is 0 Å². The third-order valence-electron chi connectivity index (χ3n) is 5.42. The second-order valence-electron chi connectivity index (χ2n) is 7.85. The van der Waals surface area contributed by atoms with Crippen molar-refractivity contribution in [2.45, 2.75) is 51.0 Å². The van der Waals surface area contributed by atoms with Crippen LogP contribution in [-0.2, 0) is 10.0 Å². The van der Waals surface area contributed by atoms with E-state index in [4.69, 9.17) is 0 Å². The van der Waals surface area contributed by atoms with E-state index >= 15 is 0 Å². The maximum absolute atomic E-state index is 13.6. The van der Waals surface area contributed by atoms with Gasteiger partial charge in [0.1, 0.15) is 16.6 Å². The fourth-order valence-electron chi connectivity index (χ4n) is 3.78. The lowest BCUT2D eigenvalue weighted by Gasteiger charge is -2.31. The molecule has 0 amide bonds. The van der Waals surface area contributed by atoms with Crippen LogP contribution in [-0.4, -0.2) is 62.6 Å². The summed E-state index contributed by atoms with van der Waals surface area (Å²) >= 11 is 0. The Bertz CT molecular complexity index is 1240. The van der Waals surface area contributed by atoms with Gasteiger partial charge < -0.3 is 5.32 Å². The molecular weight excluding hydrogens is 454 g/mol. The van der Waals surface area contributed by atoms with Gasteiger partial charge >= 0.3 is 5.76 Å². The summed E-state index contributed by atoms with van der Waals surface area (Å²) < 4.78 is 78.1. The van der Waals surface area contributed by atoms with Crippen molar-refractivity contribution in [2.75, 3.05) is 18.4 Å². The molecule has 1 aliphatic heterocycles. The number of nitrogens with zero attached hydrogens (tertiary/aromatic N) is 6. The third kappa shape index (κ3) is 3.96. The number of hydrogen-bond acceptors (Lipinski definition) is 7. The van der Waals surface area contributed by atoms with Gasteiger partial charge in [0.05, 0.1) is 0 Å². The topological polar surface area (TPSA) is 106 Å². The van der Waals surface area contributed by atoms with Gasteiger partial charge in [0, 0.05) is 42.3 Å². The standard InChI is InChI=1S/C18H21F4N7O2S/c1-9(2)29-15-13-10(7-12(16(19)20)14(15)26-27-29)8-23-18(25-13)24-11-3-5-28(6-4-11)32(30,31)17(21)22/h7-9,11,16-17H,3-6H2,1-2H3,(H,23,24,25). The van der Waals surface area contributed by atoms with Crippen molar-refractivity contribution in [3.8, 4) is 0 Å². The van der Waals surface area contributed by atoms with Crippen molar-refractivity contribution >= 4 is 37.9 Å². The van der Waals surface area contributed by atoms with E-state index in [1.807, 2.05) is 13.8 Å². The largest absolute Gasteiger partial charge is 0.351 e. The molecule has 32 heavy (non-hydrogen) atoms. The number of sulfonamides is 1. The van der Waals surface area contributed by atoms with E-state index in [0.717, 1.165) is 4.31 Å². The number of benzene rings is 1. The van der Waals surface area contributed by atoms with Crippen molar-refractivity contribution in [2.24, 2.45) is 0 Å². The molecule has 1 N–H and O–H groups in total. The summed E-state index contributed by atoms with van der Waals surface area (Å²) in [6.45, 7) is 3.58. The van der Waals surface area contributed by atoms with E-state index < -0.39 is 22.2 Å². The SMILES string of the molecule is CC(C)n1nnc2c(C(F)F)cc3cnc(NC4CCN(S(=O)(=O)C(F)F)CC4)nc3c21. The minimum atomic E-state index is -4.60.